The normalized spacial score (nSPS) is 17.7. The summed E-state index contributed by atoms with van der Waals surface area (Å²) < 4.78 is 18.4. The van der Waals surface area contributed by atoms with Gasteiger partial charge in [0.05, 0.1) is 19.3 Å². The maximum Gasteiger partial charge on any atom is 0.407 e. The van der Waals surface area contributed by atoms with E-state index < -0.39 is 52.9 Å². The number of nitrogens with zero attached hydrogens (tertiary/aromatic N) is 1. The summed E-state index contributed by atoms with van der Waals surface area (Å²) in [5, 5.41) is 29.8. The van der Waals surface area contributed by atoms with Gasteiger partial charge in [0.2, 0.25) is 0 Å². The second-order valence-electron chi connectivity index (χ2n) is 13.2. The molecule has 0 heterocycles. The fraction of sp³-hybridized carbons (Fsp3) is 0.417. The molecule has 3 aromatic rings. The summed E-state index contributed by atoms with van der Waals surface area (Å²) in [7, 11) is 1.21. The van der Waals surface area contributed by atoms with E-state index in [-0.39, 0.29) is 32.4 Å². The summed E-state index contributed by atoms with van der Waals surface area (Å²) in [6.07, 6.45) is -0.852. The molecule has 0 aromatic heterocycles. The lowest BCUT2D eigenvalue weighted by molar-refractivity contribution is -0.142. The fourth-order valence-electron chi connectivity index (χ4n) is 5.86. The minimum atomic E-state index is -1.84. The van der Waals surface area contributed by atoms with Gasteiger partial charge in [0, 0.05) is 25.9 Å². The Balaban J connectivity index is 1.53. The number of benzene rings is 3. The zero-order chi connectivity index (χ0) is 34.2. The zero-order valence-corrected chi connectivity index (χ0v) is 27.3. The first-order chi connectivity index (χ1) is 22.3. The molecular formula is C36H45FN4O6. The van der Waals surface area contributed by atoms with Crippen molar-refractivity contribution in [3.05, 3.63) is 107 Å². The molecule has 0 fully saturated rings. The van der Waals surface area contributed by atoms with Gasteiger partial charge in [0.15, 0.2) is 0 Å². The molecule has 10 nitrogen and oxygen atoms in total. The monoisotopic (exact) mass is 648 g/mol. The van der Waals surface area contributed by atoms with Gasteiger partial charge < -0.3 is 25.6 Å². The molecule has 5 N–H and O–H groups in total. The van der Waals surface area contributed by atoms with Crippen LogP contribution >= 0.6 is 0 Å². The maximum absolute atomic E-state index is 13.8. The van der Waals surface area contributed by atoms with Crippen LogP contribution < -0.4 is 16.1 Å². The molecule has 0 saturated carbocycles. The van der Waals surface area contributed by atoms with Crippen molar-refractivity contribution in [2.45, 2.75) is 76.8 Å². The Labute approximate surface area is 275 Å². The Hall–Kier alpha value is -4.32. The number of aliphatic hydroxyl groups is 2. The first-order valence-corrected chi connectivity index (χ1v) is 15.8. The number of rotatable bonds is 13. The summed E-state index contributed by atoms with van der Waals surface area (Å²) >= 11 is 0. The number of fused-ring (bicyclic) bond motifs is 1. The first kappa shape index (κ1) is 35.5. The highest BCUT2D eigenvalue weighted by molar-refractivity contribution is 5.86. The van der Waals surface area contributed by atoms with E-state index in [4.69, 9.17) is 4.74 Å². The second kappa shape index (κ2) is 15.5. The molecular weight excluding hydrogens is 603 g/mol. The van der Waals surface area contributed by atoms with E-state index in [0.717, 1.165) is 16.7 Å². The predicted octanol–water partition coefficient (Wildman–Crippen LogP) is 3.96. The molecule has 252 valence electrons. The van der Waals surface area contributed by atoms with E-state index in [1.165, 1.54) is 19.2 Å². The van der Waals surface area contributed by atoms with E-state index in [9.17, 15) is 29.0 Å². The van der Waals surface area contributed by atoms with Crippen LogP contribution in [0, 0.1) is 11.2 Å². The lowest BCUT2D eigenvalue weighted by Crippen LogP contribution is -2.57. The van der Waals surface area contributed by atoms with Crippen molar-refractivity contribution in [1.29, 1.82) is 0 Å². The molecule has 1 aliphatic carbocycles. The Kier molecular flexibility index (Phi) is 11.7. The lowest BCUT2D eigenvalue weighted by Gasteiger charge is -2.33. The molecule has 0 aliphatic heterocycles. The molecule has 1 aliphatic rings. The number of carbonyl (C=O) groups excluding carboxylic acids is 3. The molecule has 0 spiro atoms. The van der Waals surface area contributed by atoms with Crippen LogP contribution in [0.25, 0.3) is 0 Å². The van der Waals surface area contributed by atoms with Crippen molar-refractivity contribution in [2.24, 2.45) is 5.41 Å². The number of methoxy groups -OCH3 is 1. The highest BCUT2D eigenvalue weighted by Gasteiger charge is 2.40. The summed E-state index contributed by atoms with van der Waals surface area (Å²) in [6, 6.07) is 20.9. The number of carbonyl (C=O) groups is 3. The topological polar surface area (TPSA) is 140 Å². The van der Waals surface area contributed by atoms with Crippen LogP contribution in [0.2, 0.25) is 0 Å². The largest absolute Gasteiger partial charge is 0.453 e. The average molecular weight is 649 g/mol. The van der Waals surface area contributed by atoms with Crippen LogP contribution in [0.1, 0.15) is 61.9 Å². The van der Waals surface area contributed by atoms with E-state index >= 15 is 0 Å². The fourth-order valence-corrected chi connectivity index (χ4v) is 5.86. The number of nitrogens with one attached hydrogen (secondary N) is 3. The molecule has 3 amide bonds. The van der Waals surface area contributed by atoms with Gasteiger partial charge in [0.1, 0.15) is 17.5 Å². The van der Waals surface area contributed by atoms with E-state index in [0.29, 0.717) is 12.0 Å². The summed E-state index contributed by atoms with van der Waals surface area (Å²) in [6.45, 7) is 5.81. The molecule has 3 aromatic carbocycles. The van der Waals surface area contributed by atoms with Gasteiger partial charge in [-0.05, 0) is 52.6 Å². The van der Waals surface area contributed by atoms with E-state index in [2.05, 4.69) is 16.1 Å². The van der Waals surface area contributed by atoms with Gasteiger partial charge in [-0.15, -0.1) is 0 Å². The van der Waals surface area contributed by atoms with Gasteiger partial charge in [-0.25, -0.2) is 14.2 Å². The van der Waals surface area contributed by atoms with E-state index in [1.54, 1.807) is 37.9 Å². The van der Waals surface area contributed by atoms with Crippen LogP contribution in [0.3, 0.4) is 0 Å². The van der Waals surface area contributed by atoms with Gasteiger partial charge >= 0.3 is 6.09 Å². The molecule has 0 bridgehead atoms. The van der Waals surface area contributed by atoms with Gasteiger partial charge in [0.25, 0.3) is 11.8 Å². The molecule has 0 saturated heterocycles. The summed E-state index contributed by atoms with van der Waals surface area (Å²) in [4.78, 5) is 39.4. The van der Waals surface area contributed by atoms with Crippen molar-refractivity contribution in [3.63, 3.8) is 0 Å². The molecule has 0 unspecified atom stereocenters. The third-order valence-corrected chi connectivity index (χ3v) is 8.40. The quantitative estimate of drug-likeness (QED) is 0.177. The number of ether oxygens (including phenoxy) is 1. The minimum absolute atomic E-state index is 0.0249. The van der Waals surface area contributed by atoms with Crippen molar-refractivity contribution in [1.82, 2.24) is 21.1 Å². The van der Waals surface area contributed by atoms with Gasteiger partial charge in [-0.2, -0.15) is 0 Å². The number of aliphatic hydroxyl groups excluding tert-OH is 1. The van der Waals surface area contributed by atoms with Crippen molar-refractivity contribution in [2.75, 3.05) is 13.7 Å². The number of amides is 3. The minimum Gasteiger partial charge on any atom is -0.453 e. The van der Waals surface area contributed by atoms with Crippen molar-refractivity contribution in [3.8, 4) is 0 Å². The summed E-state index contributed by atoms with van der Waals surface area (Å²) in [5.41, 5.74) is 3.60. The Morgan fingerprint density at radius 2 is 1.64 bits per heavy atom. The maximum atomic E-state index is 13.8. The number of halogens is 1. The van der Waals surface area contributed by atoms with Crippen LogP contribution in [0.4, 0.5) is 9.18 Å². The standard InChI is InChI=1S/C36H45FN4O6/c1-35(2,3)31(39-34(45)47-4)32(43)40-41(23-25-15-17-27(37)18-16-25)20-10-19-36(46,22-24-11-6-5-7-12-24)33(44)38-30-28-14-9-8-13-26(28)21-29(30)42/h5-9,11-18,29-31,42,46H,10,19-23H2,1-4H3,(H,38,44)(H,39,45)(H,40,43)/t29-,30+,31-,36-/m1/s1. The van der Waals surface area contributed by atoms with Crippen LogP contribution in [-0.2, 0) is 33.7 Å². The first-order valence-electron chi connectivity index (χ1n) is 15.8. The smallest absolute Gasteiger partial charge is 0.407 e. The summed E-state index contributed by atoms with van der Waals surface area (Å²) in [5.74, 6) is -1.49. The predicted molar refractivity (Wildman–Crippen MR) is 175 cm³/mol. The molecule has 47 heavy (non-hydrogen) atoms. The number of hydrazine groups is 1. The molecule has 4 rings (SSSR count). The number of hydrogen-bond donors (Lipinski definition) is 5. The Bertz CT molecular complexity index is 1510. The molecule has 11 heteroatoms. The van der Waals surface area contributed by atoms with Crippen LogP contribution in [0.15, 0.2) is 78.9 Å². The third-order valence-electron chi connectivity index (χ3n) is 8.40. The zero-order valence-electron chi connectivity index (χ0n) is 27.3. The SMILES string of the molecule is COC(=O)N[C@H](C(=O)NN(CCC[C@@](O)(Cc1ccccc1)C(=O)N[C@H]1c2ccccc2C[C@H]1O)Cc1ccc(F)cc1)C(C)(C)C. The highest BCUT2D eigenvalue weighted by atomic mass is 19.1. The molecule has 0 radical (unpaired) electrons. The Morgan fingerprint density at radius 1 is 0.979 bits per heavy atom. The lowest BCUT2D eigenvalue weighted by atomic mass is 9.86. The second-order valence-corrected chi connectivity index (χ2v) is 13.2. The van der Waals surface area contributed by atoms with Crippen molar-refractivity contribution >= 4 is 17.9 Å². The van der Waals surface area contributed by atoms with Gasteiger partial charge in [-0.1, -0.05) is 87.5 Å². The number of hydrogen-bond acceptors (Lipinski definition) is 7. The Morgan fingerprint density at radius 3 is 2.30 bits per heavy atom. The molecule has 4 atom stereocenters. The average Bonchev–Trinajstić information content (AvgIpc) is 3.34. The third kappa shape index (κ3) is 9.60. The van der Waals surface area contributed by atoms with Gasteiger partial charge in [-0.3, -0.25) is 15.0 Å². The van der Waals surface area contributed by atoms with E-state index in [1.807, 2.05) is 54.6 Å². The van der Waals surface area contributed by atoms with Crippen LogP contribution in [0.5, 0.6) is 0 Å². The highest BCUT2D eigenvalue weighted by Crippen LogP contribution is 2.32. The number of alkyl carbamates (subject to hydrolysis) is 1. The van der Waals surface area contributed by atoms with Crippen molar-refractivity contribution < 1.29 is 33.7 Å². The van der Waals surface area contributed by atoms with Crippen LogP contribution in [-0.4, -0.2) is 64.5 Å².